The third-order valence-electron chi connectivity index (χ3n) is 3.60. The molecule has 2 nitrogen and oxygen atoms in total. The van der Waals surface area contributed by atoms with Crippen molar-refractivity contribution in [1.29, 1.82) is 0 Å². The first-order valence-corrected chi connectivity index (χ1v) is 6.69. The molecule has 1 atom stereocenters. The van der Waals surface area contributed by atoms with Gasteiger partial charge in [-0.2, -0.15) is 0 Å². The molecule has 1 unspecified atom stereocenters. The summed E-state index contributed by atoms with van der Waals surface area (Å²) in [6.45, 7) is 0.103. The molecule has 0 spiro atoms. The molecule has 2 rings (SSSR count). The minimum atomic E-state index is 0.103. The van der Waals surface area contributed by atoms with Gasteiger partial charge in [-0.3, -0.25) is 4.79 Å². The van der Waals surface area contributed by atoms with Gasteiger partial charge in [0.1, 0.15) is 0 Å². The van der Waals surface area contributed by atoms with E-state index in [-0.39, 0.29) is 12.4 Å². The molecule has 96 valence electrons. The predicted octanol–water partition coefficient (Wildman–Crippen LogP) is 3.22. The highest BCUT2D eigenvalue weighted by Gasteiger charge is 2.19. The summed E-state index contributed by atoms with van der Waals surface area (Å²) >= 11 is 0. The molecule has 0 heterocycles. The molecule has 1 aliphatic rings. The highest BCUT2D eigenvalue weighted by Crippen LogP contribution is 2.32. The molecule has 0 bridgehead atoms. The van der Waals surface area contributed by atoms with Crippen LogP contribution < -0.4 is 0 Å². The standard InChI is InChI=1S/C16H20O2/c17-12-4-7-16(18)15-10-8-14(9-11-15)13-5-2-1-3-6-13/h1-3,5-6,10,14,17H,4,7-9,11-12H2. The van der Waals surface area contributed by atoms with Crippen molar-refractivity contribution in [3.05, 3.63) is 47.5 Å². The van der Waals surface area contributed by atoms with E-state index in [1.165, 1.54) is 5.56 Å². The zero-order valence-electron chi connectivity index (χ0n) is 10.6. The third kappa shape index (κ3) is 3.30. The molecule has 1 aromatic carbocycles. The van der Waals surface area contributed by atoms with E-state index in [4.69, 9.17) is 5.11 Å². The van der Waals surface area contributed by atoms with Crippen molar-refractivity contribution in [3.63, 3.8) is 0 Å². The lowest BCUT2D eigenvalue weighted by Gasteiger charge is -2.21. The highest BCUT2D eigenvalue weighted by molar-refractivity contribution is 5.95. The summed E-state index contributed by atoms with van der Waals surface area (Å²) in [6, 6.07) is 10.5. The molecular formula is C16H20O2. The number of aliphatic hydroxyl groups is 1. The number of Topliss-reactive ketones (excluding diaryl/α,β-unsaturated/α-hetero) is 1. The van der Waals surface area contributed by atoms with E-state index in [9.17, 15) is 4.79 Å². The molecule has 0 amide bonds. The first kappa shape index (κ1) is 13.0. The van der Waals surface area contributed by atoms with E-state index in [1.54, 1.807) is 0 Å². The Bertz CT molecular complexity index is 420. The van der Waals surface area contributed by atoms with Crippen molar-refractivity contribution in [2.24, 2.45) is 0 Å². The summed E-state index contributed by atoms with van der Waals surface area (Å²) < 4.78 is 0. The van der Waals surface area contributed by atoms with Gasteiger partial charge in [0.25, 0.3) is 0 Å². The molecule has 1 aromatic rings. The van der Waals surface area contributed by atoms with E-state index >= 15 is 0 Å². The molecule has 1 N–H and O–H groups in total. The molecular weight excluding hydrogens is 224 g/mol. The Kier molecular flexibility index (Phi) is 4.71. The van der Waals surface area contributed by atoms with E-state index in [1.807, 2.05) is 6.07 Å². The Balaban J connectivity index is 1.94. The third-order valence-corrected chi connectivity index (χ3v) is 3.60. The number of carbonyl (C=O) groups excluding carboxylic acids is 1. The van der Waals surface area contributed by atoms with Gasteiger partial charge >= 0.3 is 0 Å². The van der Waals surface area contributed by atoms with Crippen LogP contribution in [-0.2, 0) is 4.79 Å². The number of rotatable bonds is 5. The second kappa shape index (κ2) is 6.50. The van der Waals surface area contributed by atoms with Crippen molar-refractivity contribution in [2.75, 3.05) is 6.61 Å². The van der Waals surface area contributed by atoms with Gasteiger partial charge < -0.3 is 5.11 Å². The van der Waals surface area contributed by atoms with Crippen LogP contribution in [0.2, 0.25) is 0 Å². The van der Waals surface area contributed by atoms with Crippen LogP contribution in [0.3, 0.4) is 0 Å². The van der Waals surface area contributed by atoms with Crippen molar-refractivity contribution in [3.8, 4) is 0 Å². The van der Waals surface area contributed by atoms with Crippen LogP contribution in [-0.4, -0.2) is 17.5 Å². The molecule has 0 aliphatic heterocycles. The van der Waals surface area contributed by atoms with Crippen molar-refractivity contribution in [2.45, 2.75) is 38.0 Å². The van der Waals surface area contributed by atoms with Gasteiger partial charge in [-0.05, 0) is 42.7 Å². The number of ketones is 1. The Morgan fingerprint density at radius 2 is 2.06 bits per heavy atom. The predicted molar refractivity (Wildman–Crippen MR) is 72.4 cm³/mol. The number of aliphatic hydroxyl groups excluding tert-OH is 1. The average molecular weight is 244 g/mol. The zero-order valence-corrected chi connectivity index (χ0v) is 10.6. The van der Waals surface area contributed by atoms with E-state index < -0.39 is 0 Å². The van der Waals surface area contributed by atoms with Crippen LogP contribution in [0.15, 0.2) is 42.0 Å². The maximum Gasteiger partial charge on any atom is 0.158 e. The topological polar surface area (TPSA) is 37.3 Å². The largest absolute Gasteiger partial charge is 0.396 e. The minimum absolute atomic E-state index is 0.103. The average Bonchev–Trinajstić information content (AvgIpc) is 2.46. The number of allylic oxidation sites excluding steroid dienone is 2. The summed E-state index contributed by atoms with van der Waals surface area (Å²) in [4.78, 5) is 11.8. The van der Waals surface area contributed by atoms with Gasteiger partial charge in [0, 0.05) is 13.0 Å². The summed E-state index contributed by atoms with van der Waals surface area (Å²) in [5, 5.41) is 8.73. The maximum atomic E-state index is 11.8. The van der Waals surface area contributed by atoms with Crippen LogP contribution >= 0.6 is 0 Å². The van der Waals surface area contributed by atoms with E-state index in [0.29, 0.717) is 18.8 Å². The molecule has 18 heavy (non-hydrogen) atoms. The first-order valence-electron chi connectivity index (χ1n) is 6.69. The summed E-state index contributed by atoms with van der Waals surface area (Å²) in [7, 11) is 0. The number of hydrogen-bond acceptors (Lipinski definition) is 2. The summed E-state index contributed by atoms with van der Waals surface area (Å²) in [6.07, 6.45) is 6.06. The SMILES string of the molecule is O=C(CCCO)C1=CCC(c2ccccc2)CC1. The number of benzene rings is 1. The molecule has 0 radical (unpaired) electrons. The van der Waals surface area contributed by atoms with Crippen LogP contribution in [0.25, 0.3) is 0 Å². The summed E-state index contributed by atoms with van der Waals surface area (Å²) in [5.41, 5.74) is 2.34. The lowest BCUT2D eigenvalue weighted by atomic mass is 9.83. The second-order valence-electron chi connectivity index (χ2n) is 4.86. The van der Waals surface area contributed by atoms with E-state index in [0.717, 1.165) is 24.8 Å². The van der Waals surface area contributed by atoms with Crippen molar-refractivity contribution < 1.29 is 9.90 Å². The second-order valence-corrected chi connectivity index (χ2v) is 4.86. The Morgan fingerprint density at radius 3 is 2.67 bits per heavy atom. The Morgan fingerprint density at radius 1 is 1.28 bits per heavy atom. The van der Waals surface area contributed by atoms with Gasteiger partial charge in [-0.25, -0.2) is 0 Å². The van der Waals surface area contributed by atoms with Crippen LogP contribution in [0, 0.1) is 0 Å². The Hall–Kier alpha value is -1.41. The molecule has 1 aliphatic carbocycles. The summed E-state index contributed by atoms with van der Waals surface area (Å²) in [5.74, 6) is 0.774. The van der Waals surface area contributed by atoms with Crippen molar-refractivity contribution >= 4 is 5.78 Å². The monoisotopic (exact) mass is 244 g/mol. The van der Waals surface area contributed by atoms with Gasteiger partial charge in [0.05, 0.1) is 0 Å². The minimum Gasteiger partial charge on any atom is -0.396 e. The van der Waals surface area contributed by atoms with Gasteiger partial charge in [0.2, 0.25) is 0 Å². The molecule has 0 saturated heterocycles. The highest BCUT2D eigenvalue weighted by atomic mass is 16.3. The van der Waals surface area contributed by atoms with E-state index in [2.05, 4.69) is 30.3 Å². The maximum absolute atomic E-state index is 11.8. The molecule has 0 fully saturated rings. The first-order chi connectivity index (χ1) is 8.81. The lowest BCUT2D eigenvalue weighted by Crippen LogP contribution is -2.11. The normalized spacial score (nSPS) is 19.4. The van der Waals surface area contributed by atoms with Gasteiger partial charge in [-0.1, -0.05) is 36.4 Å². The molecule has 0 aromatic heterocycles. The Labute approximate surface area is 108 Å². The van der Waals surface area contributed by atoms with Crippen LogP contribution in [0.1, 0.15) is 43.6 Å². The number of carbonyl (C=O) groups is 1. The quantitative estimate of drug-likeness (QED) is 0.863. The lowest BCUT2D eigenvalue weighted by molar-refractivity contribution is -0.116. The zero-order chi connectivity index (χ0) is 12.8. The van der Waals surface area contributed by atoms with Crippen LogP contribution in [0.4, 0.5) is 0 Å². The fourth-order valence-electron chi connectivity index (χ4n) is 2.52. The fourth-order valence-corrected chi connectivity index (χ4v) is 2.52. The smallest absolute Gasteiger partial charge is 0.158 e. The number of hydrogen-bond donors (Lipinski definition) is 1. The van der Waals surface area contributed by atoms with Crippen LogP contribution in [0.5, 0.6) is 0 Å². The fraction of sp³-hybridized carbons (Fsp3) is 0.438. The van der Waals surface area contributed by atoms with Crippen molar-refractivity contribution in [1.82, 2.24) is 0 Å². The van der Waals surface area contributed by atoms with Gasteiger partial charge in [-0.15, -0.1) is 0 Å². The van der Waals surface area contributed by atoms with Gasteiger partial charge in [0.15, 0.2) is 5.78 Å². The molecule has 0 saturated carbocycles. The molecule has 2 heteroatoms.